The molecule has 1 aliphatic rings. The van der Waals surface area contributed by atoms with E-state index in [0.29, 0.717) is 17.7 Å². The first-order chi connectivity index (χ1) is 12.0. The van der Waals surface area contributed by atoms with Crippen LogP contribution in [0.4, 0.5) is 5.69 Å². The first kappa shape index (κ1) is 20.4. The van der Waals surface area contributed by atoms with Crippen LogP contribution in [0.2, 0.25) is 0 Å². The summed E-state index contributed by atoms with van der Waals surface area (Å²) < 4.78 is 25.2. The number of hydrogen-bond acceptors (Lipinski definition) is 4. The summed E-state index contributed by atoms with van der Waals surface area (Å²) in [6.07, 6.45) is 2.30. The van der Waals surface area contributed by atoms with Gasteiger partial charge in [-0.3, -0.25) is 4.79 Å². The average molecular weight is 395 g/mol. The van der Waals surface area contributed by atoms with Crippen molar-refractivity contribution in [1.29, 1.82) is 0 Å². The summed E-state index contributed by atoms with van der Waals surface area (Å²) in [5.41, 5.74) is 7.01. The Balaban J connectivity index is 0.00000243. The summed E-state index contributed by atoms with van der Waals surface area (Å²) in [6, 6.07) is 15.4. The molecule has 0 saturated heterocycles. The maximum Gasteiger partial charge on any atom is 0.227 e. The van der Waals surface area contributed by atoms with Crippen LogP contribution < -0.4 is 11.1 Å². The fourth-order valence-electron chi connectivity index (χ4n) is 3.17. The summed E-state index contributed by atoms with van der Waals surface area (Å²) >= 11 is 0. The normalized spacial score (nSPS) is 19.6. The molecule has 140 valence electrons. The minimum absolute atomic E-state index is 0. The van der Waals surface area contributed by atoms with Gasteiger partial charge in [0.15, 0.2) is 9.84 Å². The predicted molar refractivity (Wildman–Crippen MR) is 105 cm³/mol. The third kappa shape index (κ3) is 4.84. The molecule has 2 aromatic rings. The number of carbonyl (C=O) groups excluding carboxylic acids is 1. The van der Waals surface area contributed by atoms with Crippen LogP contribution in [0.25, 0.3) is 0 Å². The van der Waals surface area contributed by atoms with Gasteiger partial charge in [-0.25, -0.2) is 8.42 Å². The number of halogens is 1. The summed E-state index contributed by atoms with van der Waals surface area (Å²) in [6.45, 7) is 0. The van der Waals surface area contributed by atoms with E-state index in [2.05, 4.69) is 5.32 Å². The highest BCUT2D eigenvalue weighted by atomic mass is 35.5. The predicted octanol–water partition coefficient (Wildman–Crippen LogP) is 3.15. The van der Waals surface area contributed by atoms with E-state index in [1.807, 2.05) is 0 Å². The van der Waals surface area contributed by atoms with Gasteiger partial charge in [0.2, 0.25) is 5.91 Å². The van der Waals surface area contributed by atoms with Crippen LogP contribution in [0.3, 0.4) is 0 Å². The Morgan fingerprint density at radius 2 is 1.69 bits per heavy atom. The highest BCUT2D eigenvalue weighted by Gasteiger charge is 2.28. The topological polar surface area (TPSA) is 89.3 Å². The van der Waals surface area contributed by atoms with Gasteiger partial charge in [-0.15, -0.1) is 12.4 Å². The first-order valence-corrected chi connectivity index (χ1v) is 10.0. The van der Waals surface area contributed by atoms with Gasteiger partial charge in [-0.05, 0) is 43.0 Å². The van der Waals surface area contributed by atoms with Crippen molar-refractivity contribution >= 4 is 33.8 Å². The highest BCUT2D eigenvalue weighted by molar-refractivity contribution is 7.90. The highest BCUT2D eigenvalue weighted by Crippen LogP contribution is 2.27. The van der Waals surface area contributed by atoms with E-state index in [-0.39, 0.29) is 40.9 Å². The lowest BCUT2D eigenvalue weighted by molar-refractivity contribution is -0.119. The van der Waals surface area contributed by atoms with Crippen molar-refractivity contribution in [2.75, 3.05) is 5.32 Å². The van der Waals surface area contributed by atoms with Gasteiger partial charge in [0, 0.05) is 17.6 Å². The van der Waals surface area contributed by atoms with Crippen LogP contribution in [0.1, 0.15) is 24.8 Å². The molecule has 0 aromatic heterocycles. The number of sulfone groups is 1. The summed E-state index contributed by atoms with van der Waals surface area (Å²) in [5, 5.41) is 2.89. The van der Waals surface area contributed by atoms with Crippen LogP contribution in [-0.4, -0.2) is 20.4 Å². The van der Waals surface area contributed by atoms with Crippen molar-refractivity contribution in [3.63, 3.8) is 0 Å². The van der Waals surface area contributed by atoms with Crippen molar-refractivity contribution < 1.29 is 13.2 Å². The number of rotatable bonds is 5. The van der Waals surface area contributed by atoms with E-state index in [9.17, 15) is 13.2 Å². The zero-order valence-corrected chi connectivity index (χ0v) is 15.9. The molecule has 7 heteroatoms. The fraction of sp³-hybridized carbons (Fsp3) is 0.316. The lowest BCUT2D eigenvalue weighted by Gasteiger charge is -2.14. The minimum atomic E-state index is -3.47. The monoisotopic (exact) mass is 394 g/mol. The molecule has 0 spiro atoms. The van der Waals surface area contributed by atoms with Crippen LogP contribution in [0, 0.1) is 5.92 Å². The Morgan fingerprint density at radius 1 is 1.04 bits per heavy atom. The Kier molecular flexibility index (Phi) is 6.81. The molecule has 3 rings (SSSR count). The minimum Gasteiger partial charge on any atom is -0.328 e. The molecule has 1 aliphatic carbocycles. The van der Waals surface area contributed by atoms with E-state index in [1.54, 1.807) is 54.6 Å². The largest absolute Gasteiger partial charge is 0.328 e. The first-order valence-electron chi connectivity index (χ1n) is 8.38. The number of para-hydroxylation sites is 1. The fourth-order valence-corrected chi connectivity index (χ4v) is 4.57. The molecule has 1 saturated carbocycles. The van der Waals surface area contributed by atoms with Gasteiger partial charge in [0.05, 0.1) is 10.6 Å². The van der Waals surface area contributed by atoms with Crippen LogP contribution in [0.15, 0.2) is 59.5 Å². The van der Waals surface area contributed by atoms with Crippen molar-refractivity contribution in [3.8, 4) is 0 Å². The van der Waals surface area contributed by atoms with E-state index in [0.717, 1.165) is 12.8 Å². The number of nitrogens with two attached hydrogens (primary N) is 1. The average Bonchev–Trinajstić information content (AvgIpc) is 3.04. The molecule has 0 bridgehead atoms. The SMILES string of the molecule is Cl.NC1CCC(C(=O)Nc2ccccc2CS(=O)(=O)c2ccccc2)C1. The number of benzene rings is 2. The standard InChI is InChI=1S/C19H22N2O3S.ClH/c20-16-11-10-14(12-16)19(22)21-18-9-5-4-6-15(18)13-25(23,24)17-7-2-1-3-8-17;/h1-9,14,16H,10-13,20H2,(H,21,22);1H. The molecular formula is C19H23ClN2O3S. The van der Waals surface area contributed by atoms with Gasteiger partial charge in [-0.2, -0.15) is 0 Å². The van der Waals surface area contributed by atoms with Crippen LogP contribution in [-0.2, 0) is 20.4 Å². The molecule has 2 atom stereocenters. The van der Waals surface area contributed by atoms with Crippen LogP contribution >= 0.6 is 12.4 Å². The molecule has 0 heterocycles. The number of carbonyl (C=O) groups is 1. The zero-order valence-electron chi connectivity index (χ0n) is 14.3. The Labute approximate surface area is 160 Å². The van der Waals surface area contributed by atoms with Crippen LogP contribution in [0.5, 0.6) is 0 Å². The summed E-state index contributed by atoms with van der Waals surface area (Å²) in [4.78, 5) is 12.7. The lowest BCUT2D eigenvalue weighted by Crippen LogP contribution is -2.24. The second-order valence-corrected chi connectivity index (χ2v) is 8.48. The van der Waals surface area contributed by atoms with Crippen molar-refractivity contribution in [1.82, 2.24) is 0 Å². The second kappa shape index (κ2) is 8.66. The third-order valence-electron chi connectivity index (χ3n) is 4.57. The summed E-state index contributed by atoms with van der Waals surface area (Å²) in [7, 11) is -3.47. The van der Waals surface area contributed by atoms with Crippen molar-refractivity contribution in [3.05, 3.63) is 60.2 Å². The number of hydrogen-bond donors (Lipinski definition) is 2. The van der Waals surface area contributed by atoms with E-state index in [1.165, 1.54) is 0 Å². The molecule has 2 unspecified atom stereocenters. The van der Waals surface area contributed by atoms with Gasteiger partial charge in [0.25, 0.3) is 0 Å². The van der Waals surface area contributed by atoms with E-state index >= 15 is 0 Å². The molecule has 2 aromatic carbocycles. The number of anilines is 1. The van der Waals surface area contributed by atoms with Crippen molar-refractivity contribution in [2.24, 2.45) is 11.7 Å². The van der Waals surface area contributed by atoms with Gasteiger partial charge >= 0.3 is 0 Å². The molecule has 3 N–H and O–H groups in total. The lowest BCUT2D eigenvalue weighted by atomic mass is 10.1. The summed E-state index contributed by atoms with van der Waals surface area (Å²) in [5.74, 6) is -0.344. The Morgan fingerprint density at radius 3 is 2.35 bits per heavy atom. The molecule has 1 amide bonds. The molecule has 5 nitrogen and oxygen atoms in total. The second-order valence-electron chi connectivity index (χ2n) is 6.49. The maximum atomic E-state index is 12.6. The molecule has 0 aliphatic heterocycles. The van der Waals surface area contributed by atoms with Gasteiger partial charge in [0.1, 0.15) is 0 Å². The molecule has 0 radical (unpaired) electrons. The molecular weight excluding hydrogens is 372 g/mol. The quantitative estimate of drug-likeness (QED) is 0.815. The van der Waals surface area contributed by atoms with E-state index in [4.69, 9.17) is 5.73 Å². The number of amides is 1. The van der Waals surface area contributed by atoms with Gasteiger partial charge in [-0.1, -0.05) is 36.4 Å². The Hall–Kier alpha value is -1.89. The third-order valence-corrected chi connectivity index (χ3v) is 6.25. The molecule has 26 heavy (non-hydrogen) atoms. The Bertz CT molecular complexity index is 856. The molecule has 1 fully saturated rings. The number of nitrogens with one attached hydrogen (secondary N) is 1. The maximum absolute atomic E-state index is 12.6. The van der Waals surface area contributed by atoms with Crippen molar-refractivity contribution in [2.45, 2.75) is 36.0 Å². The zero-order chi connectivity index (χ0) is 17.9. The van der Waals surface area contributed by atoms with Gasteiger partial charge < -0.3 is 11.1 Å². The smallest absolute Gasteiger partial charge is 0.227 e. The van der Waals surface area contributed by atoms with E-state index < -0.39 is 9.84 Å².